The van der Waals surface area contributed by atoms with E-state index in [1.807, 2.05) is 0 Å². The monoisotopic (exact) mass is 285 g/mol. The van der Waals surface area contributed by atoms with Gasteiger partial charge >= 0.3 is 0 Å². The van der Waals surface area contributed by atoms with E-state index in [2.05, 4.69) is 12.2 Å². The number of nitrogens with one attached hydrogen (secondary N) is 1. The molecule has 0 amide bonds. The van der Waals surface area contributed by atoms with Crippen LogP contribution in [-0.2, 0) is 4.74 Å². The smallest absolute Gasteiger partial charge is 0.141 e. The second kappa shape index (κ2) is 7.22. The number of hydrogen-bond acceptors (Lipinski definition) is 2. The van der Waals surface area contributed by atoms with E-state index in [1.165, 1.54) is 6.07 Å². The summed E-state index contributed by atoms with van der Waals surface area (Å²) in [6.45, 7) is 4.88. The Balaban J connectivity index is 2.07. The highest BCUT2D eigenvalue weighted by Gasteiger charge is 2.27. The van der Waals surface area contributed by atoms with Crippen molar-refractivity contribution in [3.63, 3.8) is 0 Å². The van der Waals surface area contributed by atoms with E-state index < -0.39 is 0 Å². The third-order valence-corrected chi connectivity index (χ3v) is 3.84. The third-order valence-electron chi connectivity index (χ3n) is 3.55. The first-order valence-corrected chi connectivity index (χ1v) is 7.37. The van der Waals surface area contributed by atoms with Gasteiger partial charge in [-0.2, -0.15) is 0 Å². The summed E-state index contributed by atoms with van der Waals surface area (Å²) < 4.78 is 19.1. The lowest BCUT2D eigenvalue weighted by atomic mass is 9.89. The van der Waals surface area contributed by atoms with Crippen LogP contribution in [-0.4, -0.2) is 19.7 Å². The molecule has 0 aliphatic carbocycles. The molecular weight excluding hydrogens is 265 g/mol. The number of halogens is 2. The van der Waals surface area contributed by atoms with Crippen molar-refractivity contribution >= 4 is 11.6 Å². The van der Waals surface area contributed by atoms with Crippen LogP contribution < -0.4 is 5.32 Å². The average molecular weight is 286 g/mol. The molecule has 1 aromatic carbocycles. The van der Waals surface area contributed by atoms with Crippen molar-refractivity contribution in [1.82, 2.24) is 5.32 Å². The lowest BCUT2D eigenvalue weighted by Crippen LogP contribution is -2.32. The molecule has 1 fully saturated rings. The average Bonchev–Trinajstić information content (AvgIpc) is 2.43. The van der Waals surface area contributed by atoms with Gasteiger partial charge in [-0.05, 0) is 43.5 Å². The fourth-order valence-electron chi connectivity index (χ4n) is 2.57. The maximum absolute atomic E-state index is 13.2. The van der Waals surface area contributed by atoms with Crippen LogP contribution >= 0.6 is 11.6 Å². The molecule has 1 N–H and O–H groups in total. The first-order valence-electron chi connectivity index (χ1n) is 6.99. The van der Waals surface area contributed by atoms with E-state index in [0.29, 0.717) is 5.92 Å². The van der Waals surface area contributed by atoms with Crippen LogP contribution in [0.15, 0.2) is 18.2 Å². The van der Waals surface area contributed by atoms with Gasteiger partial charge < -0.3 is 10.1 Å². The molecule has 2 rings (SSSR count). The lowest BCUT2D eigenvalue weighted by Gasteiger charge is -2.32. The van der Waals surface area contributed by atoms with Crippen LogP contribution in [0.1, 0.15) is 37.9 Å². The van der Waals surface area contributed by atoms with Crippen LogP contribution in [0, 0.1) is 11.7 Å². The lowest BCUT2D eigenvalue weighted by molar-refractivity contribution is -0.0277. The van der Waals surface area contributed by atoms with Gasteiger partial charge in [0.05, 0.1) is 11.1 Å². The number of hydrogen-bond donors (Lipinski definition) is 1. The highest BCUT2D eigenvalue weighted by Crippen LogP contribution is 2.34. The Morgan fingerprint density at radius 2 is 2.32 bits per heavy atom. The summed E-state index contributed by atoms with van der Waals surface area (Å²) in [4.78, 5) is 0. The molecular formula is C15H21ClFNO. The standard InChI is InChI=1S/C15H21ClFNO/c1-2-7-18-10-12-4-3-8-19-15(12)11-5-6-14(17)13(16)9-11/h5-6,9,12,15,18H,2-4,7-8,10H2,1H3. The van der Waals surface area contributed by atoms with Crippen molar-refractivity contribution < 1.29 is 9.13 Å². The zero-order valence-corrected chi connectivity index (χ0v) is 12.0. The molecule has 0 saturated carbocycles. The summed E-state index contributed by atoms with van der Waals surface area (Å²) >= 11 is 5.86. The molecule has 1 heterocycles. The van der Waals surface area contributed by atoms with Gasteiger partial charge in [0.15, 0.2) is 0 Å². The van der Waals surface area contributed by atoms with Crippen molar-refractivity contribution in [2.75, 3.05) is 19.7 Å². The molecule has 0 radical (unpaired) electrons. The molecule has 1 aromatic rings. The van der Waals surface area contributed by atoms with E-state index in [-0.39, 0.29) is 16.9 Å². The van der Waals surface area contributed by atoms with Gasteiger partial charge in [-0.1, -0.05) is 24.6 Å². The highest BCUT2D eigenvalue weighted by molar-refractivity contribution is 6.30. The van der Waals surface area contributed by atoms with Crippen LogP contribution in [0.4, 0.5) is 4.39 Å². The number of ether oxygens (including phenoxy) is 1. The largest absolute Gasteiger partial charge is 0.373 e. The number of rotatable bonds is 5. The Bertz CT molecular complexity index is 413. The molecule has 1 saturated heterocycles. The summed E-state index contributed by atoms with van der Waals surface area (Å²) in [6.07, 6.45) is 3.37. The fraction of sp³-hybridized carbons (Fsp3) is 0.600. The van der Waals surface area contributed by atoms with Crippen LogP contribution in [0.2, 0.25) is 5.02 Å². The van der Waals surface area contributed by atoms with E-state index in [0.717, 1.165) is 44.5 Å². The second-order valence-corrected chi connectivity index (χ2v) is 5.48. The molecule has 0 spiro atoms. The predicted octanol–water partition coefficient (Wildman–Crippen LogP) is 3.95. The molecule has 1 aliphatic rings. The SMILES string of the molecule is CCCNCC1CCCOC1c1ccc(F)c(Cl)c1. The molecule has 2 atom stereocenters. The van der Waals surface area contributed by atoms with Crippen molar-refractivity contribution in [1.29, 1.82) is 0 Å². The molecule has 2 nitrogen and oxygen atoms in total. The van der Waals surface area contributed by atoms with E-state index >= 15 is 0 Å². The normalized spacial score (nSPS) is 23.5. The maximum atomic E-state index is 13.2. The molecule has 1 aliphatic heterocycles. The van der Waals surface area contributed by atoms with Gasteiger partial charge in [-0.15, -0.1) is 0 Å². The predicted molar refractivity (Wildman–Crippen MR) is 76.0 cm³/mol. The van der Waals surface area contributed by atoms with Gasteiger partial charge in [0.25, 0.3) is 0 Å². The van der Waals surface area contributed by atoms with E-state index in [1.54, 1.807) is 12.1 Å². The second-order valence-electron chi connectivity index (χ2n) is 5.07. The maximum Gasteiger partial charge on any atom is 0.141 e. The molecule has 4 heteroatoms. The van der Waals surface area contributed by atoms with Gasteiger partial charge in [0.1, 0.15) is 5.82 Å². The summed E-state index contributed by atoms with van der Waals surface area (Å²) in [5, 5.41) is 3.62. The Morgan fingerprint density at radius 1 is 1.47 bits per heavy atom. The van der Waals surface area contributed by atoms with Gasteiger partial charge in [0.2, 0.25) is 0 Å². The van der Waals surface area contributed by atoms with E-state index in [4.69, 9.17) is 16.3 Å². The number of benzene rings is 1. The minimum absolute atomic E-state index is 0.0243. The summed E-state index contributed by atoms with van der Waals surface area (Å²) in [5.74, 6) is 0.0590. The van der Waals surface area contributed by atoms with Gasteiger partial charge in [-0.3, -0.25) is 0 Å². The first kappa shape index (κ1) is 14.8. The van der Waals surface area contributed by atoms with Crippen molar-refractivity contribution in [3.8, 4) is 0 Å². The zero-order valence-electron chi connectivity index (χ0n) is 11.3. The zero-order chi connectivity index (χ0) is 13.7. The third kappa shape index (κ3) is 3.91. The van der Waals surface area contributed by atoms with Crippen molar-refractivity contribution in [2.45, 2.75) is 32.3 Å². The van der Waals surface area contributed by atoms with E-state index in [9.17, 15) is 4.39 Å². The minimum atomic E-state index is -0.373. The van der Waals surface area contributed by atoms with Crippen LogP contribution in [0.25, 0.3) is 0 Å². The Kier molecular flexibility index (Phi) is 5.61. The molecule has 2 unspecified atom stereocenters. The summed E-state index contributed by atoms with van der Waals surface area (Å²) in [7, 11) is 0. The molecule has 0 aromatic heterocycles. The van der Waals surface area contributed by atoms with Crippen LogP contribution in [0.5, 0.6) is 0 Å². The van der Waals surface area contributed by atoms with Crippen molar-refractivity contribution in [3.05, 3.63) is 34.6 Å². The van der Waals surface area contributed by atoms with Crippen molar-refractivity contribution in [2.24, 2.45) is 5.92 Å². The summed E-state index contributed by atoms with van der Waals surface area (Å²) in [5.41, 5.74) is 0.981. The fourth-order valence-corrected chi connectivity index (χ4v) is 2.76. The minimum Gasteiger partial charge on any atom is -0.373 e. The highest BCUT2D eigenvalue weighted by atomic mass is 35.5. The Morgan fingerprint density at radius 3 is 3.05 bits per heavy atom. The quantitative estimate of drug-likeness (QED) is 0.827. The molecule has 106 valence electrons. The Hall–Kier alpha value is -0.640. The summed E-state index contributed by atoms with van der Waals surface area (Å²) in [6, 6.07) is 4.90. The molecule has 19 heavy (non-hydrogen) atoms. The topological polar surface area (TPSA) is 21.3 Å². The first-order chi connectivity index (χ1) is 9.22. The molecule has 0 bridgehead atoms. The van der Waals surface area contributed by atoms with Crippen LogP contribution in [0.3, 0.4) is 0 Å². The van der Waals surface area contributed by atoms with Gasteiger partial charge in [0, 0.05) is 19.1 Å². The van der Waals surface area contributed by atoms with Gasteiger partial charge in [-0.25, -0.2) is 4.39 Å². The Labute approximate surface area is 119 Å².